The van der Waals surface area contributed by atoms with E-state index in [1.807, 2.05) is 29.2 Å². The van der Waals surface area contributed by atoms with Crippen molar-refractivity contribution in [3.63, 3.8) is 0 Å². The Balaban J connectivity index is 1.39. The van der Waals surface area contributed by atoms with Crippen LogP contribution in [0.1, 0.15) is 44.6 Å². The molecule has 8 nitrogen and oxygen atoms in total. The van der Waals surface area contributed by atoms with Gasteiger partial charge in [-0.15, -0.1) is 0 Å². The van der Waals surface area contributed by atoms with Crippen molar-refractivity contribution >= 4 is 33.6 Å². The van der Waals surface area contributed by atoms with E-state index >= 15 is 0 Å². The number of benzene rings is 1. The summed E-state index contributed by atoms with van der Waals surface area (Å²) in [5.41, 5.74) is 1.02. The number of amides is 2. The van der Waals surface area contributed by atoms with Crippen molar-refractivity contribution in [1.82, 2.24) is 25.3 Å². The first-order chi connectivity index (χ1) is 17.2. The van der Waals surface area contributed by atoms with E-state index in [0.717, 1.165) is 23.1 Å². The number of nitrogens with zero attached hydrogens (tertiary/aromatic N) is 4. The third kappa shape index (κ3) is 6.29. The molecule has 0 aromatic heterocycles. The van der Waals surface area contributed by atoms with Crippen molar-refractivity contribution in [2.45, 2.75) is 51.2 Å². The zero-order chi connectivity index (χ0) is 25.8. The van der Waals surface area contributed by atoms with Crippen LogP contribution in [-0.4, -0.2) is 97.9 Å². The molecule has 2 aliphatic heterocycles. The number of likely N-dealkylation sites (N-methyl/N-ethyl adjacent to an activating group) is 1. The van der Waals surface area contributed by atoms with Crippen LogP contribution >= 0.6 is 15.9 Å². The third-order valence-corrected chi connectivity index (χ3v) is 8.46. The molecule has 5 atom stereocenters. The van der Waals surface area contributed by atoms with Gasteiger partial charge >= 0.3 is 0 Å². The maximum absolute atomic E-state index is 13.7. The van der Waals surface area contributed by atoms with Crippen molar-refractivity contribution < 1.29 is 9.59 Å². The summed E-state index contributed by atoms with van der Waals surface area (Å²) in [5.74, 6) is 2.35. The molecule has 2 amide bonds. The smallest absolute Gasteiger partial charge is 0.236 e. The molecule has 1 aromatic carbocycles. The second kappa shape index (κ2) is 12.0. The summed E-state index contributed by atoms with van der Waals surface area (Å²) in [6, 6.07) is 8.57. The number of nitrogens with one attached hydrogen (secondary N) is 2. The molecule has 0 bridgehead atoms. The van der Waals surface area contributed by atoms with Crippen LogP contribution in [0.3, 0.4) is 0 Å². The molecule has 0 radical (unpaired) electrons. The first kappa shape index (κ1) is 27.1. The van der Waals surface area contributed by atoms with E-state index in [2.05, 4.69) is 45.3 Å². The Morgan fingerprint density at radius 3 is 2.50 bits per heavy atom. The summed E-state index contributed by atoms with van der Waals surface area (Å²) in [7, 11) is 3.50. The number of hydrogen-bond acceptors (Lipinski definition) is 6. The Kier molecular flexibility index (Phi) is 9.06. The molecule has 2 N–H and O–H groups in total. The van der Waals surface area contributed by atoms with Crippen molar-refractivity contribution in [3.05, 3.63) is 34.3 Å². The fourth-order valence-electron chi connectivity index (χ4n) is 5.85. The summed E-state index contributed by atoms with van der Waals surface area (Å²) in [5, 5.41) is 6.88. The second-order valence-electron chi connectivity index (χ2n) is 10.7. The predicted octanol–water partition coefficient (Wildman–Crippen LogP) is 2.51. The minimum Gasteiger partial charge on any atom is -0.356 e. The Hall–Kier alpha value is -1.97. The maximum atomic E-state index is 13.7. The van der Waals surface area contributed by atoms with Gasteiger partial charge in [0.2, 0.25) is 11.8 Å². The Bertz CT molecular complexity index is 944. The van der Waals surface area contributed by atoms with Gasteiger partial charge in [-0.05, 0) is 56.3 Å². The molecular weight excluding hydrogens is 520 g/mol. The first-order valence-electron chi connectivity index (χ1n) is 13.3. The molecule has 198 valence electrons. The van der Waals surface area contributed by atoms with Gasteiger partial charge in [-0.25, -0.2) is 0 Å². The van der Waals surface area contributed by atoms with Crippen molar-refractivity contribution in [3.8, 4) is 0 Å². The van der Waals surface area contributed by atoms with Crippen LogP contribution in [0.15, 0.2) is 33.7 Å². The number of hydrogen-bond donors (Lipinski definition) is 2. The number of piperazine rings is 1. The fraction of sp³-hybridized carbons (Fsp3) is 0.667. The average molecular weight is 562 g/mol. The third-order valence-electron chi connectivity index (χ3n) is 7.93. The first-order valence-corrected chi connectivity index (χ1v) is 14.1. The number of carbonyl (C=O) groups is 2. The van der Waals surface area contributed by atoms with Gasteiger partial charge in [-0.1, -0.05) is 35.0 Å². The van der Waals surface area contributed by atoms with Crippen LogP contribution in [-0.2, 0) is 9.59 Å². The SMILES string of the molecule is CC1N=C(N2CCN(C(=O)[C@H](CCNCC(=O)N(C)C)c3ccc(Br)cc3)CC2)C2C(CC[C@H]2C)N1. The van der Waals surface area contributed by atoms with E-state index in [4.69, 9.17) is 4.99 Å². The van der Waals surface area contributed by atoms with E-state index in [1.165, 1.54) is 18.7 Å². The molecule has 1 aromatic rings. The second-order valence-corrected chi connectivity index (χ2v) is 11.6. The molecule has 0 spiro atoms. The number of amidine groups is 1. The van der Waals surface area contributed by atoms with Crippen LogP contribution < -0.4 is 10.6 Å². The lowest BCUT2D eigenvalue weighted by Crippen LogP contribution is -2.57. The van der Waals surface area contributed by atoms with Crippen molar-refractivity contribution in [2.75, 3.05) is 53.4 Å². The van der Waals surface area contributed by atoms with Gasteiger partial charge in [0.05, 0.1) is 18.6 Å². The van der Waals surface area contributed by atoms with Crippen LogP contribution in [0.5, 0.6) is 0 Å². The fourth-order valence-corrected chi connectivity index (χ4v) is 6.11. The Morgan fingerprint density at radius 1 is 1.14 bits per heavy atom. The number of fused-ring (bicyclic) bond motifs is 1. The number of aliphatic imine (C=N–C) groups is 1. The zero-order valence-corrected chi connectivity index (χ0v) is 23.6. The highest BCUT2D eigenvalue weighted by molar-refractivity contribution is 9.10. The minimum atomic E-state index is -0.234. The minimum absolute atomic E-state index is 0.0339. The van der Waals surface area contributed by atoms with Crippen LogP contribution in [0.2, 0.25) is 0 Å². The van der Waals surface area contributed by atoms with E-state index < -0.39 is 0 Å². The van der Waals surface area contributed by atoms with Crippen LogP contribution in [0.4, 0.5) is 0 Å². The van der Waals surface area contributed by atoms with Gasteiger partial charge in [-0.3, -0.25) is 19.9 Å². The normalized spacial score (nSPS) is 26.9. The highest BCUT2D eigenvalue weighted by atomic mass is 79.9. The zero-order valence-electron chi connectivity index (χ0n) is 22.0. The van der Waals surface area contributed by atoms with Gasteiger partial charge in [0.15, 0.2) is 0 Å². The standard InChI is InChI=1S/C27H41BrN6O2/c1-18-5-10-23-25(18)26(31-19(2)30-23)33-13-15-34(16-14-33)27(36)22(20-6-8-21(28)9-7-20)11-12-29-17-24(35)32(3)4/h6-9,18-19,22-23,25,29-30H,5,10-17H2,1-4H3/t18-,19?,22-,23?,25?/m1/s1. The topological polar surface area (TPSA) is 80.3 Å². The van der Waals surface area contributed by atoms with E-state index in [-0.39, 0.29) is 30.4 Å². The summed E-state index contributed by atoms with van der Waals surface area (Å²) in [4.78, 5) is 36.7. The maximum Gasteiger partial charge on any atom is 0.236 e. The van der Waals surface area contributed by atoms with Crippen LogP contribution in [0, 0.1) is 11.8 Å². The molecule has 1 saturated heterocycles. The molecule has 36 heavy (non-hydrogen) atoms. The average Bonchev–Trinajstić information content (AvgIpc) is 3.24. The Morgan fingerprint density at radius 2 is 1.83 bits per heavy atom. The predicted molar refractivity (Wildman–Crippen MR) is 147 cm³/mol. The molecule has 2 heterocycles. The lowest BCUT2D eigenvalue weighted by Gasteiger charge is -2.43. The van der Waals surface area contributed by atoms with Crippen molar-refractivity contribution in [2.24, 2.45) is 16.8 Å². The molecule has 3 aliphatic rings. The molecule has 9 heteroatoms. The van der Waals surface area contributed by atoms with Crippen molar-refractivity contribution in [1.29, 1.82) is 0 Å². The quantitative estimate of drug-likeness (QED) is 0.501. The monoisotopic (exact) mass is 560 g/mol. The Labute approximate surface area is 224 Å². The number of carbonyl (C=O) groups excluding carboxylic acids is 2. The molecule has 1 aliphatic carbocycles. The highest BCUT2D eigenvalue weighted by Gasteiger charge is 2.42. The summed E-state index contributed by atoms with van der Waals surface area (Å²) in [6.45, 7) is 8.46. The molecule has 3 unspecified atom stereocenters. The summed E-state index contributed by atoms with van der Waals surface area (Å²) in [6.07, 6.45) is 3.27. The van der Waals surface area contributed by atoms with E-state index in [0.29, 0.717) is 43.9 Å². The summed E-state index contributed by atoms with van der Waals surface area (Å²) >= 11 is 3.50. The van der Waals surface area contributed by atoms with Gasteiger partial charge in [0.1, 0.15) is 5.84 Å². The highest BCUT2D eigenvalue weighted by Crippen LogP contribution is 2.36. The van der Waals surface area contributed by atoms with Gasteiger partial charge in [0, 0.05) is 56.7 Å². The van der Waals surface area contributed by atoms with E-state index in [1.54, 1.807) is 19.0 Å². The van der Waals surface area contributed by atoms with Gasteiger partial charge in [0.25, 0.3) is 0 Å². The molecule has 1 saturated carbocycles. The van der Waals surface area contributed by atoms with Gasteiger partial charge in [-0.2, -0.15) is 0 Å². The van der Waals surface area contributed by atoms with Gasteiger partial charge < -0.3 is 20.0 Å². The molecule has 2 fully saturated rings. The summed E-state index contributed by atoms with van der Waals surface area (Å²) < 4.78 is 0.997. The lowest BCUT2D eigenvalue weighted by molar-refractivity contribution is -0.134. The largest absolute Gasteiger partial charge is 0.356 e. The molecule has 4 rings (SSSR count). The lowest BCUT2D eigenvalue weighted by atomic mass is 9.91. The van der Waals surface area contributed by atoms with Crippen LogP contribution in [0.25, 0.3) is 0 Å². The molecular formula is C27H41BrN6O2. The number of rotatable bonds is 7. The number of halogens is 1. The van der Waals surface area contributed by atoms with E-state index in [9.17, 15) is 9.59 Å².